The Kier molecular flexibility index (Phi) is 4.40. The second-order valence-electron chi connectivity index (χ2n) is 5.31. The molecule has 3 N–H and O–H groups in total. The molecule has 0 aliphatic heterocycles. The van der Waals surface area contributed by atoms with Crippen molar-refractivity contribution >= 4 is 17.6 Å². The highest BCUT2D eigenvalue weighted by Crippen LogP contribution is 2.29. The van der Waals surface area contributed by atoms with Gasteiger partial charge < -0.3 is 23.8 Å². The van der Waals surface area contributed by atoms with Gasteiger partial charge in [0.25, 0.3) is 0 Å². The Morgan fingerprint density at radius 2 is 2.12 bits per heavy atom. The van der Waals surface area contributed by atoms with Crippen LogP contribution in [0, 0.1) is 6.92 Å². The molecule has 2 amide bonds. The molecule has 25 heavy (non-hydrogen) atoms. The van der Waals surface area contributed by atoms with Gasteiger partial charge in [-0.1, -0.05) is 5.16 Å². The van der Waals surface area contributed by atoms with Gasteiger partial charge in [-0.2, -0.15) is 0 Å². The zero-order valence-corrected chi connectivity index (χ0v) is 13.2. The molecule has 0 aromatic carbocycles. The number of rotatable bonds is 5. The minimum absolute atomic E-state index is 0.119. The third-order valence-corrected chi connectivity index (χ3v) is 3.51. The molecule has 3 aromatic heterocycles. The van der Waals surface area contributed by atoms with Gasteiger partial charge in [-0.3, -0.25) is 14.9 Å². The molecular formula is C16H15N3O6. The molecule has 0 aliphatic carbocycles. The highest BCUT2D eigenvalue weighted by molar-refractivity contribution is 6.39. The maximum Gasteiger partial charge on any atom is 0.314 e. The van der Waals surface area contributed by atoms with E-state index in [9.17, 15) is 14.7 Å². The molecule has 0 aliphatic rings. The molecule has 0 bridgehead atoms. The lowest BCUT2D eigenvalue weighted by Gasteiger charge is -2.24. The largest absolute Gasteiger partial charge is 0.472 e. The highest BCUT2D eigenvalue weighted by Gasteiger charge is 2.36. The minimum Gasteiger partial charge on any atom is -0.472 e. The first kappa shape index (κ1) is 16.5. The van der Waals surface area contributed by atoms with E-state index in [0.29, 0.717) is 11.3 Å². The van der Waals surface area contributed by atoms with Crippen LogP contribution >= 0.6 is 0 Å². The van der Waals surface area contributed by atoms with Crippen molar-refractivity contribution in [3.63, 3.8) is 0 Å². The Morgan fingerprint density at radius 3 is 2.72 bits per heavy atom. The van der Waals surface area contributed by atoms with Gasteiger partial charge in [0.15, 0.2) is 11.4 Å². The Bertz CT molecular complexity index is 816. The predicted molar refractivity (Wildman–Crippen MR) is 83.3 cm³/mol. The molecule has 0 saturated carbocycles. The van der Waals surface area contributed by atoms with E-state index in [1.807, 2.05) is 0 Å². The molecule has 130 valence electrons. The number of furan rings is 2. The number of aromatic nitrogens is 1. The zero-order valence-electron chi connectivity index (χ0n) is 13.2. The first-order valence-electron chi connectivity index (χ1n) is 7.30. The standard InChI is InChI=1S/C16H15N3O6/c1-10-7-13(19-25-10)18-15(21)14(20)17-9-16(22,11-4-6-23-8-11)12-3-2-5-24-12/h2-8,22H,9H2,1H3,(H,17,20)(H,18,19,21)/t16-/m1/s1. The average molecular weight is 345 g/mol. The molecule has 3 rings (SSSR count). The molecule has 0 radical (unpaired) electrons. The smallest absolute Gasteiger partial charge is 0.314 e. The van der Waals surface area contributed by atoms with Crippen molar-refractivity contribution in [1.82, 2.24) is 10.5 Å². The number of carbonyl (C=O) groups excluding carboxylic acids is 2. The summed E-state index contributed by atoms with van der Waals surface area (Å²) >= 11 is 0. The number of nitrogens with zero attached hydrogens (tertiary/aromatic N) is 1. The van der Waals surface area contributed by atoms with Crippen LogP contribution in [0.3, 0.4) is 0 Å². The maximum atomic E-state index is 12.0. The molecule has 0 saturated heterocycles. The second-order valence-corrected chi connectivity index (χ2v) is 5.31. The molecule has 3 aromatic rings. The van der Waals surface area contributed by atoms with Crippen LogP contribution in [0.2, 0.25) is 0 Å². The first-order valence-corrected chi connectivity index (χ1v) is 7.30. The fourth-order valence-corrected chi connectivity index (χ4v) is 2.23. The van der Waals surface area contributed by atoms with Crippen LogP contribution in [0.4, 0.5) is 5.82 Å². The number of aliphatic hydroxyl groups is 1. The lowest BCUT2D eigenvalue weighted by atomic mass is 9.93. The Balaban J connectivity index is 1.69. The molecule has 1 atom stereocenters. The summed E-state index contributed by atoms with van der Waals surface area (Å²) in [6.07, 6.45) is 4.10. The minimum atomic E-state index is -1.68. The van der Waals surface area contributed by atoms with E-state index < -0.39 is 17.4 Å². The van der Waals surface area contributed by atoms with Gasteiger partial charge in [0.05, 0.1) is 25.3 Å². The lowest BCUT2D eigenvalue weighted by molar-refractivity contribution is -0.136. The fourth-order valence-electron chi connectivity index (χ4n) is 2.23. The van der Waals surface area contributed by atoms with Crippen molar-refractivity contribution in [3.05, 3.63) is 60.1 Å². The lowest BCUT2D eigenvalue weighted by Crippen LogP contribution is -2.45. The number of hydrogen-bond acceptors (Lipinski definition) is 7. The molecule has 9 nitrogen and oxygen atoms in total. The van der Waals surface area contributed by atoms with Crippen LogP contribution in [0.5, 0.6) is 0 Å². The summed E-state index contributed by atoms with van der Waals surface area (Å²) in [5.74, 6) is -1.09. The van der Waals surface area contributed by atoms with Gasteiger partial charge in [0.1, 0.15) is 11.5 Å². The number of hydrogen-bond donors (Lipinski definition) is 3. The third-order valence-electron chi connectivity index (χ3n) is 3.51. The fraction of sp³-hybridized carbons (Fsp3) is 0.188. The van der Waals surface area contributed by atoms with E-state index in [-0.39, 0.29) is 18.1 Å². The average Bonchev–Trinajstić information content (AvgIpc) is 3.34. The van der Waals surface area contributed by atoms with Crippen molar-refractivity contribution < 1.29 is 28.1 Å². The third kappa shape index (κ3) is 3.45. The van der Waals surface area contributed by atoms with Crippen LogP contribution < -0.4 is 10.6 Å². The topological polar surface area (TPSA) is 131 Å². The van der Waals surface area contributed by atoms with Crippen molar-refractivity contribution in [1.29, 1.82) is 0 Å². The van der Waals surface area contributed by atoms with Gasteiger partial charge in [-0.05, 0) is 25.1 Å². The van der Waals surface area contributed by atoms with E-state index in [0.717, 1.165) is 0 Å². The zero-order chi connectivity index (χ0) is 17.9. The molecule has 0 spiro atoms. The van der Waals surface area contributed by atoms with Crippen molar-refractivity contribution in [3.8, 4) is 0 Å². The van der Waals surface area contributed by atoms with Gasteiger partial charge in [-0.15, -0.1) is 0 Å². The summed E-state index contributed by atoms with van der Waals surface area (Å²) in [5.41, 5.74) is -1.31. The Morgan fingerprint density at radius 1 is 1.28 bits per heavy atom. The van der Waals surface area contributed by atoms with E-state index in [2.05, 4.69) is 15.8 Å². The van der Waals surface area contributed by atoms with Crippen molar-refractivity contribution in [2.45, 2.75) is 12.5 Å². The summed E-state index contributed by atoms with van der Waals surface area (Å²) in [6.45, 7) is 1.35. The number of carbonyl (C=O) groups is 2. The summed E-state index contributed by atoms with van der Waals surface area (Å²) < 4.78 is 15.0. The number of anilines is 1. The number of amides is 2. The highest BCUT2D eigenvalue weighted by atomic mass is 16.5. The summed E-state index contributed by atoms with van der Waals surface area (Å²) in [7, 11) is 0. The van der Waals surface area contributed by atoms with Crippen molar-refractivity contribution in [2.24, 2.45) is 0 Å². The SMILES string of the molecule is Cc1cc(NC(=O)C(=O)NC[C@@](O)(c2ccoc2)c2ccco2)no1. The summed E-state index contributed by atoms with van der Waals surface area (Å²) in [5, 5.41) is 19.1. The van der Waals surface area contributed by atoms with Crippen LogP contribution in [0.25, 0.3) is 0 Å². The number of nitrogens with one attached hydrogen (secondary N) is 2. The monoisotopic (exact) mass is 345 g/mol. The van der Waals surface area contributed by atoms with Gasteiger partial charge >= 0.3 is 11.8 Å². The summed E-state index contributed by atoms with van der Waals surface area (Å²) in [4.78, 5) is 23.9. The van der Waals surface area contributed by atoms with Crippen molar-refractivity contribution in [2.75, 3.05) is 11.9 Å². The van der Waals surface area contributed by atoms with E-state index >= 15 is 0 Å². The van der Waals surface area contributed by atoms with Gasteiger partial charge in [-0.25, -0.2) is 0 Å². The van der Waals surface area contributed by atoms with Crippen LogP contribution in [0.1, 0.15) is 17.1 Å². The summed E-state index contributed by atoms with van der Waals surface area (Å²) in [6, 6.07) is 6.15. The molecule has 3 heterocycles. The molecule has 0 fully saturated rings. The Hall–Kier alpha value is -3.33. The van der Waals surface area contributed by atoms with Crippen LogP contribution in [-0.4, -0.2) is 28.6 Å². The van der Waals surface area contributed by atoms with E-state index in [1.165, 1.54) is 30.9 Å². The van der Waals surface area contributed by atoms with Crippen LogP contribution in [0.15, 0.2) is 56.4 Å². The number of aryl methyl sites for hydroxylation is 1. The molecule has 9 heteroatoms. The quantitative estimate of drug-likeness (QED) is 0.591. The van der Waals surface area contributed by atoms with E-state index in [1.54, 1.807) is 19.1 Å². The van der Waals surface area contributed by atoms with Gasteiger partial charge in [0, 0.05) is 11.6 Å². The molecular weight excluding hydrogens is 330 g/mol. The van der Waals surface area contributed by atoms with E-state index in [4.69, 9.17) is 13.4 Å². The normalized spacial score (nSPS) is 13.2. The Labute approximate surface area is 141 Å². The molecule has 0 unspecified atom stereocenters. The van der Waals surface area contributed by atoms with Gasteiger partial charge in [0.2, 0.25) is 0 Å². The predicted octanol–water partition coefficient (Wildman–Crippen LogP) is 1.16. The first-order chi connectivity index (χ1) is 12.0. The second kappa shape index (κ2) is 6.65. The van der Waals surface area contributed by atoms with Crippen LogP contribution in [-0.2, 0) is 15.2 Å². The maximum absolute atomic E-state index is 12.0.